The Hall–Kier alpha value is -3.13. The van der Waals surface area contributed by atoms with E-state index in [1.807, 2.05) is 0 Å². The van der Waals surface area contributed by atoms with Crippen molar-refractivity contribution >= 4 is 23.2 Å². The van der Waals surface area contributed by atoms with Crippen LogP contribution in [0, 0.1) is 12.7 Å². The molecule has 2 aromatic carbocycles. The number of amides is 1. The number of ether oxygens (including phenoxy) is 2. The quantitative estimate of drug-likeness (QED) is 0.719. The van der Waals surface area contributed by atoms with Gasteiger partial charge in [-0.3, -0.25) is 4.79 Å². The number of aromatic nitrogens is 3. The number of methoxy groups -OCH3 is 2. The van der Waals surface area contributed by atoms with Crippen molar-refractivity contribution in [2.75, 3.05) is 19.5 Å². The minimum atomic E-state index is -0.539. The lowest BCUT2D eigenvalue weighted by Gasteiger charge is -2.11. The van der Waals surface area contributed by atoms with Gasteiger partial charge < -0.3 is 14.8 Å². The fourth-order valence-electron chi connectivity index (χ4n) is 2.48. The Morgan fingerprint density at radius 3 is 2.63 bits per heavy atom. The lowest BCUT2D eigenvalue weighted by atomic mass is 10.2. The molecule has 0 saturated carbocycles. The highest BCUT2D eigenvalue weighted by molar-refractivity contribution is 6.30. The maximum atomic E-state index is 13.4. The maximum Gasteiger partial charge on any atom is 0.278 e. The SMILES string of the molecule is COc1ccc(NC(=O)c2nnn(-c3ccc(F)c(Cl)c3)c2C)c(OC)c1. The number of hydrogen-bond donors (Lipinski definition) is 1. The Morgan fingerprint density at radius 1 is 1.19 bits per heavy atom. The molecule has 140 valence electrons. The third-order valence-electron chi connectivity index (χ3n) is 3.91. The largest absolute Gasteiger partial charge is 0.497 e. The minimum absolute atomic E-state index is 0.0450. The first-order valence-electron chi connectivity index (χ1n) is 7.85. The monoisotopic (exact) mass is 390 g/mol. The summed E-state index contributed by atoms with van der Waals surface area (Å²) in [5, 5.41) is 10.6. The van der Waals surface area contributed by atoms with Gasteiger partial charge in [-0.25, -0.2) is 9.07 Å². The molecule has 0 saturated heterocycles. The van der Waals surface area contributed by atoms with E-state index in [2.05, 4.69) is 15.6 Å². The standard InChI is InChI=1S/C18H16ClFN4O3/c1-10-17(22-23-24(10)11-4-6-14(20)13(19)8-11)18(25)21-15-7-5-12(26-2)9-16(15)27-3/h4-9H,1-3H3,(H,21,25). The lowest BCUT2D eigenvalue weighted by Crippen LogP contribution is -2.15. The molecule has 0 aliphatic rings. The number of hydrogen-bond acceptors (Lipinski definition) is 5. The predicted octanol–water partition coefficient (Wildman–Crippen LogP) is 3.64. The van der Waals surface area contributed by atoms with Crippen LogP contribution in [0.15, 0.2) is 36.4 Å². The molecule has 0 fully saturated rings. The molecule has 3 rings (SSSR count). The van der Waals surface area contributed by atoms with Gasteiger partial charge in [-0.05, 0) is 37.3 Å². The molecule has 0 bridgehead atoms. The van der Waals surface area contributed by atoms with Gasteiger partial charge in [-0.2, -0.15) is 0 Å². The zero-order chi connectivity index (χ0) is 19.6. The normalized spacial score (nSPS) is 10.6. The van der Waals surface area contributed by atoms with Gasteiger partial charge in [-0.1, -0.05) is 16.8 Å². The molecule has 0 spiro atoms. The number of nitrogens with zero attached hydrogens (tertiary/aromatic N) is 3. The van der Waals surface area contributed by atoms with Gasteiger partial charge >= 0.3 is 0 Å². The minimum Gasteiger partial charge on any atom is -0.497 e. The van der Waals surface area contributed by atoms with Crippen molar-refractivity contribution in [1.29, 1.82) is 0 Å². The maximum absolute atomic E-state index is 13.4. The van der Waals surface area contributed by atoms with E-state index in [4.69, 9.17) is 21.1 Å². The van der Waals surface area contributed by atoms with Crippen LogP contribution in [0.25, 0.3) is 5.69 Å². The molecule has 3 aromatic rings. The van der Waals surface area contributed by atoms with E-state index in [-0.39, 0.29) is 10.7 Å². The molecule has 0 aliphatic carbocycles. The molecule has 9 heteroatoms. The second-order valence-corrected chi connectivity index (χ2v) is 5.96. The predicted molar refractivity (Wildman–Crippen MR) is 98.6 cm³/mol. The fraction of sp³-hybridized carbons (Fsp3) is 0.167. The Morgan fingerprint density at radius 2 is 1.96 bits per heavy atom. The Balaban J connectivity index is 1.88. The second kappa shape index (κ2) is 7.63. The first kappa shape index (κ1) is 18.7. The summed E-state index contributed by atoms with van der Waals surface area (Å²) < 4.78 is 25.2. The average molecular weight is 391 g/mol. The number of carbonyl (C=O) groups is 1. The molecule has 7 nitrogen and oxygen atoms in total. The summed E-state index contributed by atoms with van der Waals surface area (Å²) in [6.45, 7) is 1.68. The van der Waals surface area contributed by atoms with E-state index >= 15 is 0 Å². The van der Waals surface area contributed by atoms with Crippen LogP contribution >= 0.6 is 11.6 Å². The van der Waals surface area contributed by atoms with Gasteiger partial charge in [0.25, 0.3) is 5.91 Å². The van der Waals surface area contributed by atoms with Crippen molar-refractivity contribution in [2.24, 2.45) is 0 Å². The van der Waals surface area contributed by atoms with Crippen molar-refractivity contribution < 1.29 is 18.7 Å². The fourth-order valence-corrected chi connectivity index (χ4v) is 2.66. The summed E-state index contributed by atoms with van der Waals surface area (Å²) in [5.74, 6) is 0.0383. The number of rotatable bonds is 5. The van der Waals surface area contributed by atoms with E-state index in [1.54, 1.807) is 25.1 Å². The highest BCUT2D eigenvalue weighted by Gasteiger charge is 2.19. The topological polar surface area (TPSA) is 78.3 Å². The van der Waals surface area contributed by atoms with Crippen molar-refractivity contribution in [3.63, 3.8) is 0 Å². The first-order valence-corrected chi connectivity index (χ1v) is 8.23. The Labute approximate surface area is 159 Å². The summed E-state index contributed by atoms with van der Waals surface area (Å²) in [7, 11) is 3.03. The molecule has 27 heavy (non-hydrogen) atoms. The Kier molecular flexibility index (Phi) is 5.27. The van der Waals surface area contributed by atoms with Crippen molar-refractivity contribution in [3.8, 4) is 17.2 Å². The molecule has 1 aromatic heterocycles. The Bertz CT molecular complexity index is 1010. The number of anilines is 1. The van der Waals surface area contributed by atoms with Gasteiger partial charge in [0.1, 0.15) is 17.3 Å². The molecule has 0 unspecified atom stereocenters. The van der Waals surface area contributed by atoms with E-state index in [9.17, 15) is 9.18 Å². The van der Waals surface area contributed by atoms with E-state index in [1.165, 1.54) is 37.1 Å². The molecule has 1 N–H and O–H groups in total. The van der Waals surface area contributed by atoms with Crippen LogP contribution in [0.1, 0.15) is 16.2 Å². The van der Waals surface area contributed by atoms with Crippen molar-refractivity contribution in [2.45, 2.75) is 6.92 Å². The highest BCUT2D eigenvalue weighted by Crippen LogP contribution is 2.29. The smallest absolute Gasteiger partial charge is 0.278 e. The van der Waals surface area contributed by atoms with Crippen LogP contribution in [0.5, 0.6) is 11.5 Å². The number of benzene rings is 2. The van der Waals surface area contributed by atoms with Crippen molar-refractivity contribution in [3.05, 3.63) is 58.6 Å². The van der Waals surface area contributed by atoms with E-state index in [0.29, 0.717) is 28.6 Å². The molecular formula is C18H16ClFN4O3. The third-order valence-corrected chi connectivity index (χ3v) is 4.20. The summed E-state index contributed by atoms with van der Waals surface area (Å²) in [6, 6.07) is 9.14. The number of nitrogens with one attached hydrogen (secondary N) is 1. The van der Waals surface area contributed by atoms with Crippen LogP contribution in [0.4, 0.5) is 10.1 Å². The van der Waals surface area contributed by atoms with Gasteiger partial charge in [-0.15, -0.1) is 5.10 Å². The molecular weight excluding hydrogens is 375 g/mol. The van der Waals surface area contributed by atoms with E-state index < -0.39 is 11.7 Å². The summed E-state index contributed by atoms with van der Waals surface area (Å²) >= 11 is 5.81. The van der Waals surface area contributed by atoms with Gasteiger partial charge in [0.2, 0.25) is 0 Å². The van der Waals surface area contributed by atoms with Gasteiger partial charge in [0.05, 0.1) is 36.3 Å². The number of carbonyl (C=O) groups excluding carboxylic acids is 1. The van der Waals surface area contributed by atoms with Crippen LogP contribution in [-0.4, -0.2) is 35.1 Å². The van der Waals surface area contributed by atoms with Crippen LogP contribution in [0.2, 0.25) is 5.02 Å². The van der Waals surface area contributed by atoms with Crippen molar-refractivity contribution in [1.82, 2.24) is 15.0 Å². The third kappa shape index (κ3) is 3.70. The average Bonchev–Trinajstić information content (AvgIpc) is 3.05. The molecule has 1 heterocycles. The number of halogens is 2. The van der Waals surface area contributed by atoms with Crippen LogP contribution < -0.4 is 14.8 Å². The van der Waals surface area contributed by atoms with E-state index in [0.717, 1.165) is 0 Å². The summed E-state index contributed by atoms with van der Waals surface area (Å²) in [4.78, 5) is 12.6. The zero-order valence-corrected chi connectivity index (χ0v) is 15.5. The first-order chi connectivity index (χ1) is 12.9. The summed E-state index contributed by atoms with van der Waals surface area (Å²) in [6.07, 6.45) is 0. The summed E-state index contributed by atoms with van der Waals surface area (Å²) in [5.41, 5.74) is 1.55. The van der Waals surface area contributed by atoms with Gasteiger partial charge in [0, 0.05) is 6.07 Å². The molecule has 0 radical (unpaired) electrons. The van der Waals surface area contributed by atoms with Crippen LogP contribution in [0.3, 0.4) is 0 Å². The molecule has 1 amide bonds. The molecule has 0 aliphatic heterocycles. The molecule has 0 atom stereocenters. The second-order valence-electron chi connectivity index (χ2n) is 5.55. The lowest BCUT2D eigenvalue weighted by molar-refractivity contribution is 0.102. The van der Waals surface area contributed by atoms with Gasteiger partial charge in [0.15, 0.2) is 5.69 Å². The van der Waals surface area contributed by atoms with Crippen LogP contribution in [-0.2, 0) is 0 Å². The zero-order valence-electron chi connectivity index (χ0n) is 14.8. The highest BCUT2D eigenvalue weighted by atomic mass is 35.5.